The van der Waals surface area contributed by atoms with E-state index >= 15 is 0 Å². The molecule has 2 rings (SSSR count). The minimum absolute atomic E-state index is 0. The zero-order chi connectivity index (χ0) is 12.1. The average molecular weight is 412 g/mol. The zero-order valence-electron chi connectivity index (χ0n) is 11.3. The van der Waals surface area contributed by atoms with E-state index in [0.29, 0.717) is 11.8 Å². The number of rotatable bonds is 4. The van der Waals surface area contributed by atoms with Gasteiger partial charge in [-0.1, -0.05) is 66.2 Å². The molecule has 2 aromatic rings. The second-order valence-corrected chi connectivity index (χ2v) is 4.45. The first kappa shape index (κ1) is 22.0. The van der Waals surface area contributed by atoms with Crippen molar-refractivity contribution in [2.75, 3.05) is 0 Å². The Kier molecular flexibility index (Phi) is 12.5. The first-order valence-corrected chi connectivity index (χ1v) is 6.03. The van der Waals surface area contributed by atoms with Gasteiger partial charge in [0.05, 0.1) is 6.92 Å². The maximum atomic E-state index is 4.23. The van der Waals surface area contributed by atoms with Crippen molar-refractivity contribution in [2.24, 2.45) is 0 Å². The number of hydrogen-bond acceptors (Lipinski definition) is 0. The summed E-state index contributed by atoms with van der Waals surface area (Å²) in [6, 6.07) is 20.9. The van der Waals surface area contributed by atoms with Gasteiger partial charge in [-0.15, -0.1) is 5.92 Å². The third-order valence-corrected chi connectivity index (χ3v) is 3.11. The molecule has 0 heterocycles. The maximum absolute atomic E-state index is 4.23. The van der Waals surface area contributed by atoms with Gasteiger partial charge in [-0.3, -0.25) is 0 Å². The van der Waals surface area contributed by atoms with Crippen molar-refractivity contribution < 1.29 is 24.8 Å². The second-order valence-electron chi connectivity index (χ2n) is 4.45. The molecule has 0 aliphatic heterocycles. The molecular formula is C17H18Cl2Sn. The van der Waals surface area contributed by atoms with Gasteiger partial charge in [-0.05, 0) is 12.0 Å². The molecule has 2 radical (unpaired) electrons. The monoisotopic (exact) mass is 412 g/mol. The fourth-order valence-electron chi connectivity index (χ4n) is 2.07. The largest absolute Gasteiger partial charge is 2.00 e. The van der Waals surface area contributed by atoms with Crippen LogP contribution in [-0.2, 0) is 0 Å². The Morgan fingerprint density at radius 1 is 0.800 bits per heavy atom. The van der Waals surface area contributed by atoms with E-state index in [0.717, 1.165) is 6.42 Å². The van der Waals surface area contributed by atoms with Crippen molar-refractivity contribution in [2.45, 2.75) is 18.3 Å². The molecule has 3 heteroatoms. The van der Waals surface area contributed by atoms with Gasteiger partial charge in [0.1, 0.15) is 5.92 Å². The van der Waals surface area contributed by atoms with Crippen molar-refractivity contribution in [3.8, 4) is 0 Å². The SMILES string of the molecule is [CH2+][C@@H](C[C@H]([CH2-])c1ccccc1)c1ccccc1.[Cl-].[Cl-].[Sn+2]. The molecule has 104 valence electrons. The van der Waals surface area contributed by atoms with E-state index in [1.807, 2.05) is 12.1 Å². The molecule has 0 aliphatic rings. The van der Waals surface area contributed by atoms with Gasteiger partial charge in [0.15, 0.2) is 0 Å². The van der Waals surface area contributed by atoms with Gasteiger partial charge in [0.2, 0.25) is 0 Å². The van der Waals surface area contributed by atoms with Crippen molar-refractivity contribution in [1.82, 2.24) is 0 Å². The van der Waals surface area contributed by atoms with E-state index in [2.05, 4.69) is 62.4 Å². The standard InChI is InChI=1S/C17H18.2ClH.Sn/c1-14(16-9-5-3-6-10-16)13-15(2)17-11-7-4-8-12-17;;;/h3-12,14-15H,1-2,13H2;2*1H;/q;;;+2/p-2/t14-,15-;;;/m0.../s1. The Morgan fingerprint density at radius 3 is 1.65 bits per heavy atom. The Hall–Kier alpha value is -0.311. The summed E-state index contributed by atoms with van der Waals surface area (Å²) in [6.45, 7) is 8.47. The summed E-state index contributed by atoms with van der Waals surface area (Å²) in [6.07, 6.45) is 0.980. The quantitative estimate of drug-likeness (QED) is 0.413. The van der Waals surface area contributed by atoms with Crippen LogP contribution in [0.1, 0.15) is 29.4 Å². The summed E-state index contributed by atoms with van der Waals surface area (Å²) in [7, 11) is 0. The third-order valence-electron chi connectivity index (χ3n) is 3.11. The Balaban J connectivity index is 0. The Bertz CT molecular complexity index is 402. The van der Waals surface area contributed by atoms with Crippen LogP contribution in [0.5, 0.6) is 0 Å². The van der Waals surface area contributed by atoms with Crippen molar-refractivity contribution in [1.29, 1.82) is 0 Å². The van der Waals surface area contributed by atoms with Gasteiger partial charge >= 0.3 is 23.9 Å². The molecule has 2 aromatic carbocycles. The summed E-state index contributed by atoms with van der Waals surface area (Å²) in [4.78, 5) is 0. The van der Waals surface area contributed by atoms with Crippen LogP contribution in [0.3, 0.4) is 0 Å². The predicted octanol–water partition coefficient (Wildman–Crippen LogP) is -1.76. The predicted molar refractivity (Wildman–Crippen MR) is 79.5 cm³/mol. The van der Waals surface area contributed by atoms with Gasteiger partial charge in [0, 0.05) is 0 Å². The minimum atomic E-state index is 0. The smallest absolute Gasteiger partial charge is 1.00 e. The van der Waals surface area contributed by atoms with Crippen LogP contribution >= 0.6 is 0 Å². The van der Waals surface area contributed by atoms with Gasteiger partial charge in [-0.2, -0.15) is 0 Å². The summed E-state index contributed by atoms with van der Waals surface area (Å²) < 4.78 is 0. The molecule has 0 spiro atoms. The maximum Gasteiger partial charge on any atom is 2.00 e. The van der Waals surface area contributed by atoms with Crippen LogP contribution in [-0.4, -0.2) is 23.9 Å². The Morgan fingerprint density at radius 2 is 1.20 bits per heavy atom. The molecule has 0 nitrogen and oxygen atoms in total. The summed E-state index contributed by atoms with van der Waals surface area (Å²) >= 11 is 0. The summed E-state index contributed by atoms with van der Waals surface area (Å²) in [5.74, 6) is 0.609. The molecule has 0 unspecified atom stereocenters. The fourth-order valence-corrected chi connectivity index (χ4v) is 2.07. The van der Waals surface area contributed by atoms with Crippen LogP contribution in [0, 0.1) is 13.8 Å². The van der Waals surface area contributed by atoms with Crippen LogP contribution in [0.4, 0.5) is 0 Å². The van der Waals surface area contributed by atoms with E-state index in [9.17, 15) is 0 Å². The molecule has 0 amide bonds. The minimum Gasteiger partial charge on any atom is -1.00 e. The van der Waals surface area contributed by atoms with E-state index < -0.39 is 0 Å². The van der Waals surface area contributed by atoms with Crippen LogP contribution in [0.2, 0.25) is 0 Å². The molecule has 0 aromatic heterocycles. The summed E-state index contributed by atoms with van der Waals surface area (Å²) in [5.41, 5.74) is 2.58. The summed E-state index contributed by atoms with van der Waals surface area (Å²) in [5, 5.41) is 0. The molecule has 0 N–H and O–H groups in total. The normalized spacial score (nSPS) is 12.1. The van der Waals surface area contributed by atoms with E-state index in [4.69, 9.17) is 0 Å². The molecular weight excluding hydrogens is 394 g/mol. The molecule has 0 saturated carbocycles. The third kappa shape index (κ3) is 6.43. The molecule has 0 aliphatic carbocycles. The van der Waals surface area contributed by atoms with Gasteiger partial charge in [-0.25, -0.2) is 0 Å². The van der Waals surface area contributed by atoms with Gasteiger partial charge in [0.25, 0.3) is 0 Å². The van der Waals surface area contributed by atoms with Crippen LogP contribution in [0.25, 0.3) is 0 Å². The van der Waals surface area contributed by atoms with Crippen molar-refractivity contribution in [3.05, 3.63) is 85.6 Å². The first-order chi connectivity index (χ1) is 8.27. The first-order valence-electron chi connectivity index (χ1n) is 6.03. The van der Waals surface area contributed by atoms with Crippen molar-refractivity contribution in [3.63, 3.8) is 0 Å². The average Bonchev–Trinajstić information content (AvgIpc) is 2.40. The van der Waals surface area contributed by atoms with E-state index in [-0.39, 0.29) is 48.7 Å². The van der Waals surface area contributed by atoms with E-state index in [1.165, 1.54) is 11.1 Å². The van der Waals surface area contributed by atoms with E-state index in [1.54, 1.807) is 0 Å². The topological polar surface area (TPSA) is 0 Å². The number of halogens is 2. The number of hydrogen-bond donors (Lipinski definition) is 0. The number of benzene rings is 2. The van der Waals surface area contributed by atoms with Crippen LogP contribution < -0.4 is 24.8 Å². The van der Waals surface area contributed by atoms with Crippen LogP contribution in [0.15, 0.2) is 60.7 Å². The van der Waals surface area contributed by atoms with Crippen molar-refractivity contribution >= 4 is 23.9 Å². The molecule has 0 bridgehead atoms. The molecule has 0 saturated heterocycles. The molecule has 20 heavy (non-hydrogen) atoms. The zero-order valence-corrected chi connectivity index (χ0v) is 15.7. The van der Waals surface area contributed by atoms with Gasteiger partial charge < -0.3 is 31.7 Å². The molecule has 2 atom stereocenters. The molecule has 0 fully saturated rings. The Labute approximate surface area is 152 Å². The fraction of sp³-hybridized carbons (Fsp3) is 0.176. The second kappa shape index (κ2) is 11.4.